The van der Waals surface area contributed by atoms with Gasteiger partial charge in [0.1, 0.15) is 23.4 Å². The SMILES string of the molecule is CC(C)(C)OC(=O)C[C@@H](/C=C/S(C)(=O)=O)NC(=O)[C@H]1CCN1C(=O)[C@@H](NC(=O)c1ccc2ccccc2n1)C(C)(C)C. The smallest absolute Gasteiger partial charge is 0.308 e. The molecule has 2 N–H and O–H groups in total. The van der Waals surface area contributed by atoms with Gasteiger partial charge in [0.25, 0.3) is 5.91 Å². The van der Waals surface area contributed by atoms with Crippen molar-refractivity contribution < 1.29 is 32.3 Å². The number of para-hydroxylation sites is 1. The molecule has 42 heavy (non-hydrogen) atoms. The van der Waals surface area contributed by atoms with E-state index in [1.165, 1.54) is 11.0 Å². The van der Waals surface area contributed by atoms with Gasteiger partial charge in [0.15, 0.2) is 9.84 Å². The van der Waals surface area contributed by atoms with Crippen LogP contribution in [0.15, 0.2) is 47.9 Å². The Hall–Kier alpha value is -3.80. The highest BCUT2D eigenvalue weighted by Crippen LogP contribution is 2.27. The summed E-state index contributed by atoms with van der Waals surface area (Å²) in [6.45, 7) is 10.8. The predicted molar refractivity (Wildman–Crippen MR) is 159 cm³/mol. The molecule has 3 atom stereocenters. The minimum atomic E-state index is -3.53. The third kappa shape index (κ3) is 9.10. The molecule has 0 bridgehead atoms. The van der Waals surface area contributed by atoms with E-state index in [0.29, 0.717) is 18.5 Å². The molecular formula is C30H40N4O7S. The Labute approximate surface area is 247 Å². The van der Waals surface area contributed by atoms with Crippen LogP contribution >= 0.6 is 0 Å². The number of pyridine rings is 1. The van der Waals surface area contributed by atoms with Crippen LogP contribution in [0.4, 0.5) is 0 Å². The van der Waals surface area contributed by atoms with E-state index in [0.717, 1.165) is 17.1 Å². The Morgan fingerprint density at radius 3 is 2.29 bits per heavy atom. The molecule has 1 fully saturated rings. The van der Waals surface area contributed by atoms with Gasteiger partial charge in [-0.3, -0.25) is 19.2 Å². The lowest BCUT2D eigenvalue weighted by Crippen LogP contribution is -2.65. The summed E-state index contributed by atoms with van der Waals surface area (Å²) < 4.78 is 28.7. The first-order valence-electron chi connectivity index (χ1n) is 13.7. The number of ether oxygens (including phenoxy) is 1. The number of sulfone groups is 1. The van der Waals surface area contributed by atoms with Gasteiger partial charge in [0, 0.05) is 23.6 Å². The standard InChI is InChI=1S/C30H40N4O7S/c1-29(2,3)25(33-26(36)22-13-12-19-10-8-9-11-21(19)32-22)28(38)34-16-14-23(34)27(37)31-20(15-17-42(7,39)40)18-24(35)41-30(4,5)6/h8-13,15,17,20,23,25H,14,16,18H2,1-7H3,(H,31,37)(H,33,36)/b17-15+/t20-,23-,25-/m1/s1. The van der Waals surface area contributed by atoms with Crippen LogP contribution in [0.3, 0.4) is 0 Å². The zero-order valence-electron chi connectivity index (χ0n) is 25.1. The number of hydrogen-bond acceptors (Lipinski definition) is 8. The minimum Gasteiger partial charge on any atom is -0.460 e. The predicted octanol–water partition coefficient (Wildman–Crippen LogP) is 2.76. The summed E-state index contributed by atoms with van der Waals surface area (Å²) in [6.07, 6.45) is 2.28. The molecule has 3 amide bonds. The summed E-state index contributed by atoms with van der Waals surface area (Å²) >= 11 is 0. The second kappa shape index (κ2) is 12.6. The van der Waals surface area contributed by atoms with Gasteiger partial charge in [-0.05, 0) is 44.7 Å². The van der Waals surface area contributed by atoms with Crippen LogP contribution in [-0.2, 0) is 29.0 Å². The molecule has 228 valence electrons. The molecule has 0 aliphatic carbocycles. The van der Waals surface area contributed by atoms with Crippen LogP contribution in [0, 0.1) is 5.41 Å². The van der Waals surface area contributed by atoms with Crippen LogP contribution in [-0.4, -0.2) is 78.5 Å². The number of aromatic nitrogens is 1. The second-order valence-corrected chi connectivity index (χ2v) is 14.5. The fourth-order valence-electron chi connectivity index (χ4n) is 4.38. The molecule has 2 heterocycles. The number of benzene rings is 1. The van der Waals surface area contributed by atoms with E-state index in [1.807, 2.05) is 39.0 Å². The maximum atomic E-state index is 13.7. The highest BCUT2D eigenvalue weighted by Gasteiger charge is 2.44. The summed E-state index contributed by atoms with van der Waals surface area (Å²) in [5, 5.41) is 7.27. The maximum absolute atomic E-state index is 13.7. The Balaban J connectivity index is 1.75. The average molecular weight is 601 g/mol. The maximum Gasteiger partial charge on any atom is 0.308 e. The number of fused-ring (bicyclic) bond motifs is 1. The summed E-state index contributed by atoms with van der Waals surface area (Å²) in [6, 6.07) is 7.96. The third-order valence-electron chi connectivity index (χ3n) is 6.52. The second-order valence-electron chi connectivity index (χ2n) is 12.6. The molecule has 1 aromatic carbocycles. The summed E-state index contributed by atoms with van der Waals surface area (Å²) in [4.78, 5) is 58.3. The van der Waals surface area contributed by atoms with Crippen LogP contribution in [0.25, 0.3) is 10.9 Å². The van der Waals surface area contributed by atoms with Crippen molar-refractivity contribution in [1.82, 2.24) is 20.5 Å². The Bertz CT molecular complexity index is 1490. The fourth-order valence-corrected chi connectivity index (χ4v) is 4.86. The minimum absolute atomic E-state index is 0.163. The van der Waals surface area contributed by atoms with E-state index in [-0.39, 0.29) is 12.1 Å². The van der Waals surface area contributed by atoms with Crippen molar-refractivity contribution in [2.24, 2.45) is 5.41 Å². The van der Waals surface area contributed by atoms with Crippen molar-refractivity contribution in [3.63, 3.8) is 0 Å². The van der Waals surface area contributed by atoms with Crippen molar-refractivity contribution in [1.29, 1.82) is 0 Å². The lowest BCUT2D eigenvalue weighted by atomic mass is 9.84. The first-order chi connectivity index (χ1) is 19.3. The lowest BCUT2D eigenvalue weighted by Gasteiger charge is -2.44. The van der Waals surface area contributed by atoms with Gasteiger partial charge in [-0.1, -0.05) is 51.1 Å². The van der Waals surface area contributed by atoms with E-state index in [4.69, 9.17) is 4.74 Å². The molecule has 0 unspecified atom stereocenters. The van der Waals surface area contributed by atoms with Crippen molar-refractivity contribution in [3.05, 3.63) is 53.6 Å². The number of rotatable bonds is 9. The third-order valence-corrected chi connectivity index (χ3v) is 7.17. The Kier molecular flexibility index (Phi) is 9.81. The number of nitrogens with zero attached hydrogens (tertiary/aromatic N) is 2. The number of amides is 3. The number of carbonyl (C=O) groups excluding carboxylic acids is 4. The van der Waals surface area contributed by atoms with E-state index in [9.17, 15) is 27.6 Å². The van der Waals surface area contributed by atoms with E-state index in [1.54, 1.807) is 39.0 Å². The fraction of sp³-hybridized carbons (Fsp3) is 0.500. The number of likely N-dealkylation sites (tertiary alicyclic amines) is 1. The molecule has 0 radical (unpaired) electrons. The molecule has 3 rings (SSSR count). The molecule has 0 saturated carbocycles. The highest BCUT2D eigenvalue weighted by atomic mass is 32.2. The summed E-state index contributed by atoms with van der Waals surface area (Å²) in [5.41, 5.74) is -0.652. The first kappa shape index (κ1) is 32.7. The number of carbonyl (C=O) groups is 4. The monoisotopic (exact) mass is 600 g/mol. The average Bonchev–Trinajstić information content (AvgIpc) is 2.82. The normalized spacial score (nSPS) is 17.3. The van der Waals surface area contributed by atoms with Gasteiger partial charge >= 0.3 is 5.97 Å². The number of hydrogen-bond donors (Lipinski definition) is 2. The highest BCUT2D eigenvalue weighted by molar-refractivity contribution is 7.93. The molecule has 1 aromatic heterocycles. The molecule has 1 saturated heterocycles. The van der Waals surface area contributed by atoms with Crippen molar-refractivity contribution in [2.75, 3.05) is 12.8 Å². The van der Waals surface area contributed by atoms with Gasteiger partial charge in [-0.15, -0.1) is 0 Å². The van der Waals surface area contributed by atoms with Gasteiger partial charge in [-0.2, -0.15) is 0 Å². The molecule has 1 aliphatic heterocycles. The first-order valence-corrected chi connectivity index (χ1v) is 15.7. The zero-order chi connectivity index (χ0) is 31.5. The molecule has 0 spiro atoms. The number of esters is 1. The van der Waals surface area contributed by atoms with Crippen molar-refractivity contribution in [3.8, 4) is 0 Å². The van der Waals surface area contributed by atoms with E-state index in [2.05, 4.69) is 15.6 Å². The molecule has 1 aliphatic rings. The number of nitrogens with one attached hydrogen (secondary N) is 2. The van der Waals surface area contributed by atoms with Gasteiger partial charge in [0.05, 0.1) is 18.0 Å². The van der Waals surface area contributed by atoms with E-state index >= 15 is 0 Å². The molecular weight excluding hydrogens is 560 g/mol. The van der Waals surface area contributed by atoms with Crippen LogP contribution < -0.4 is 10.6 Å². The molecule has 12 heteroatoms. The lowest BCUT2D eigenvalue weighted by molar-refractivity contribution is -0.156. The van der Waals surface area contributed by atoms with E-state index < -0.39 is 62.7 Å². The van der Waals surface area contributed by atoms with Gasteiger partial charge in [0.2, 0.25) is 11.8 Å². The zero-order valence-corrected chi connectivity index (χ0v) is 25.9. The topological polar surface area (TPSA) is 152 Å². The van der Waals surface area contributed by atoms with Gasteiger partial charge < -0.3 is 20.3 Å². The molecule has 11 nitrogen and oxygen atoms in total. The van der Waals surface area contributed by atoms with Gasteiger partial charge in [-0.25, -0.2) is 13.4 Å². The molecule has 2 aromatic rings. The largest absolute Gasteiger partial charge is 0.460 e. The van der Waals surface area contributed by atoms with Crippen molar-refractivity contribution >= 4 is 44.4 Å². The van der Waals surface area contributed by atoms with Crippen molar-refractivity contribution in [2.45, 2.75) is 78.1 Å². The quantitative estimate of drug-likeness (QED) is 0.417. The van der Waals surface area contributed by atoms with Crippen LogP contribution in [0.1, 0.15) is 64.9 Å². The van der Waals surface area contributed by atoms with Crippen LogP contribution in [0.5, 0.6) is 0 Å². The summed E-state index contributed by atoms with van der Waals surface area (Å²) in [7, 11) is -3.53. The van der Waals surface area contributed by atoms with Crippen LogP contribution in [0.2, 0.25) is 0 Å². The Morgan fingerprint density at radius 2 is 1.71 bits per heavy atom. The Morgan fingerprint density at radius 1 is 1.05 bits per heavy atom. The summed E-state index contributed by atoms with van der Waals surface area (Å²) in [5.74, 6) is -2.11.